The van der Waals surface area contributed by atoms with Gasteiger partial charge in [0.1, 0.15) is 0 Å². The zero-order valence-corrected chi connectivity index (χ0v) is 6.30. The Labute approximate surface area is 59.6 Å². The van der Waals surface area contributed by atoms with Crippen molar-refractivity contribution in [1.29, 1.82) is 0 Å². The summed E-state index contributed by atoms with van der Waals surface area (Å²) in [6.45, 7) is 3.53. The quantitative estimate of drug-likeness (QED) is 0.427. The normalized spacial score (nSPS) is 24.7. The molecule has 0 fully saturated rings. The molecule has 0 bridgehead atoms. The summed E-state index contributed by atoms with van der Waals surface area (Å²) in [4.78, 5) is 20.0. The predicted octanol–water partition coefficient (Wildman–Crippen LogP) is 1.06. The van der Waals surface area contributed by atoms with Gasteiger partial charge in [0.25, 0.3) is 0 Å². The summed E-state index contributed by atoms with van der Waals surface area (Å²) in [5, 5.41) is 0. The van der Waals surface area contributed by atoms with E-state index in [1.165, 1.54) is 7.11 Å². The van der Waals surface area contributed by atoms with Crippen molar-refractivity contribution in [3.05, 3.63) is 11.3 Å². The molecule has 0 aliphatic heterocycles. The molecule has 0 heterocycles. The van der Waals surface area contributed by atoms with Crippen molar-refractivity contribution in [2.24, 2.45) is 5.92 Å². The second-order valence-corrected chi connectivity index (χ2v) is 2.33. The maximum atomic E-state index is 10.9. The van der Waals surface area contributed by atoms with E-state index in [0.29, 0.717) is 11.3 Å². The van der Waals surface area contributed by atoms with Crippen molar-refractivity contribution >= 4 is 5.78 Å². The summed E-state index contributed by atoms with van der Waals surface area (Å²) >= 11 is 0. The molecule has 1 aliphatic rings. The standard InChI is InChI=1S/C7H10O3/c1-4-6(8)5(2)7(4)10-9-3/h4H,1-3H3. The molecule has 0 spiro atoms. The van der Waals surface area contributed by atoms with E-state index in [9.17, 15) is 4.79 Å². The lowest BCUT2D eigenvalue weighted by molar-refractivity contribution is -0.247. The number of allylic oxidation sites excluding steroid dienone is 2. The first-order chi connectivity index (χ1) is 4.68. The molecule has 10 heavy (non-hydrogen) atoms. The fourth-order valence-corrected chi connectivity index (χ4v) is 1.04. The molecule has 3 nitrogen and oxygen atoms in total. The SMILES string of the molecule is COOC1=C(C)C(=O)C1C. The third-order valence-corrected chi connectivity index (χ3v) is 1.70. The number of ketones is 1. The van der Waals surface area contributed by atoms with Crippen LogP contribution in [0.4, 0.5) is 0 Å². The summed E-state index contributed by atoms with van der Waals surface area (Å²) in [7, 11) is 1.43. The summed E-state index contributed by atoms with van der Waals surface area (Å²) < 4.78 is 0. The second kappa shape index (κ2) is 2.42. The summed E-state index contributed by atoms with van der Waals surface area (Å²) in [6, 6.07) is 0. The highest BCUT2D eigenvalue weighted by molar-refractivity contribution is 6.05. The van der Waals surface area contributed by atoms with Gasteiger partial charge in [0, 0.05) is 5.57 Å². The van der Waals surface area contributed by atoms with E-state index in [4.69, 9.17) is 4.89 Å². The first-order valence-electron chi connectivity index (χ1n) is 3.14. The molecule has 0 saturated carbocycles. The molecule has 0 aromatic heterocycles. The Bertz CT molecular complexity index is 193. The number of carbonyl (C=O) groups is 1. The molecule has 0 aromatic carbocycles. The Morgan fingerprint density at radius 3 is 2.50 bits per heavy atom. The molecule has 56 valence electrons. The molecule has 1 aliphatic carbocycles. The summed E-state index contributed by atoms with van der Waals surface area (Å²) in [5.41, 5.74) is 0.675. The fraction of sp³-hybridized carbons (Fsp3) is 0.571. The van der Waals surface area contributed by atoms with E-state index in [0.717, 1.165) is 0 Å². The number of hydrogen-bond acceptors (Lipinski definition) is 3. The van der Waals surface area contributed by atoms with Gasteiger partial charge in [-0.2, -0.15) is 4.89 Å². The van der Waals surface area contributed by atoms with E-state index < -0.39 is 0 Å². The van der Waals surface area contributed by atoms with Crippen molar-refractivity contribution < 1.29 is 14.6 Å². The lowest BCUT2D eigenvalue weighted by Gasteiger charge is -2.24. The number of carbonyl (C=O) groups excluding carboxylic acids is 1. The molecule has 0 radical (unpaired) electrons. The maximum Gasteiger partial charge on any atom is 0.172 e. The van der Waals surface area contributed by atoms with Crippen LogP contribution < -0.4 is 0 Å². The lowest BCUT2D eigenvalue weighted by Crippen LogP contribution is -2.28. The third kappa shape index (κ3) is 0.827. The largest absolute Gasteiger partial charge is 0.341 e. The topological polar surface area (TPSA) is 35.5 Å². The van der Waals surface area contributed by atoms with Crippen LogP contribution in [0.25, 0.3) is 0 Å². The molecule has 1 atom stereocenters. The summed E-state index contributed by atoms with van der Waals surface area (Å²) in [6.07, 6.45) is 0. The van der Waals surface area contributed by atoms with Crippen molar-refractivity contribution in [2.75, 3.05) is 7.11 Å². The zero-order chi connectivity index (χ0) is 7.72. The minimum absolute atomic E-state index is 0.111. The van der Waals surface area contributed by atoms with E-state index in [-0.39, 0.29) is 11.7 Å². The fourth-order valence-electron chi connectivity index (χ4n) is 1.04. The molecular weight excluding hydrogens is 132 g/mol. The Morgan fingerprint density at radius 1 is 1.50 bits per heavy atom. The Morgan fingerprint density at radius 2 is 2.10 bits per heavy atom. The van der Waals surface area contributed by atoms with Crippen LogP contribution in [0.3, 0.4) is 0 Å². The van der Waals surface area contributed by atoms with Crippen molar-refractivity contribution in [3.8, 4) is 0 Å². The van der Waals surface area contributed by atoms with Crippen LogP contribution in [0, 0.1) is 5.92 Å². The van der Waals surface area contributed by atoms with Gasteiger partial charge in [-0.05, 0) is 13.8 Å². The zero-order valence-electron chi connectivity index (χ0n) is 6.30. The number of hydrogen-bond donors (Lipinski definition) is 0. The van der Waals surface area contributed by atoms with E-state index in [2.05, 4.69) is 4.89 Å². The van der Waals surface area contributed by atoms with E-state index in [1.54, 1.807) is 13.8 Å². The monoisotopic (exact) mass is 142 g/mol. The van der Waals surface area contributed by atoms with Gasteiger partial charge in [-0.3, -0.25) is 4.79 Å². The number of Topliss-reactive ketones (excluding diaryl/α,β-unsaturated/α-hetero) is 1. The average Bonchev–Trinajstić information content (AvgIpc) is 1.98. The van der Waals surface area contributed by atoms with Crippen LogP contribution in [-0.2, 0) is 14.6 Å². The van der Waals surface area contributed by atoms with Crippen LogP contribution in [0.2, 0.25) is 0 Å². The summed E-state index contributed by atoms with van der Waals surface area (Å²) in [5.74, 6) is 0.694. The van der Waals surface area contributed by atoms with Gasteiger partial charge in [0.05, 0.1) is 13.0 Å². The minimum Gasteiger partial charge on any atom is -0.341 e. The van der Waals surface area contributed by atoms with E-state index in [1.807, 2.05) is 0 Å². The Balaban J connectivity index is 2.68. The average molecular weight is 142 g/mol. The van der Waals surface area contributed by atoms with Crippen LogP contribution >= 0.6 is 0 Å². The highest BCUT2D eigenvalue weighted by atomic mass is 17.2. The Hall–Kier alpha value is -0.830. The molecule has 0 saturated heterocycles. The minimum atomic E-state index is -0.111. The van der Waals surface area contributed by atoms with Gasteiger partial charge in [-0.1, -0.05) is 0 Å². The second-order valence-electron chi connectivity index (χ2n) is 2.33. The van der Waals surface area contributed by atoms with Crippen molar-refractivity contribution in [2.45, 2.75) is 13.8 Å². The first-order valence-corrected chi connectivity index (χ1v) is 3.14. The highest BCUT2D eigenvalue weighted by Crippen LogP contribution is 2.30. The van der Waals surface area contributed by atoms with Gasteiger partial charge >= 0.3 is 0 Å². The maximum absolute atomic E-state index is 10.9. The molecule has 3 heteroatoms. The predicted molar refractivity (Wildman–Crippen MR) is 35.0 cm³/mol. The Kier molecular flexibility index (Phi) is 1.76. The third-order valence-electron chi connectivity index (χ3n) is 1.70. The smallest absolute Gasteiger partial charge is 0.172 e. The first kappa shape index (κ1) is 7.28. The molecule has 1 unspecified atom stereocenters. The van der Waals surface area contributed by atoms with Gasteiger partial charge in [0.2, 0.25) is 0 Å². The molecule has 0 amide bonds. The molecule has 0 aromatic rings. The lowest BCUT2D eigenvalue weighted by atomic mass is 9.85. The van der Waals surface area contributed by atoms with Crippen LogP contribution in [0.15, 0.2) is 11.3 Å². The molecular formula is C7H10O3. The molecule has 0 N–H and O–H groups in total. The van der Waals surface area contributed by atoms with Crippen molar-refractivity contribution in [3.63, 3.8) is 0 Å². The van der Waals surface area contributed by atoms with Gasteiger partial charge < -0.3 is 4.89 Å². The van der Waals surface area contributed by atoms with Crippen LogP contribution in [0.1, 0.15) is 13.8 Å². The van der Waals surface area contributed by atoms with Crippen molar-refractivity contribution in [1.82, 2.24) is 0 Å². The van der Waals surface area contributed by atoms with Crippen LogP contribution in [0.5, 0.6) is 0 Å². The number of rotatable bonds is 2. The van der Waals surface area contributed by atoms with E-state index >= 15 is 0 Å². The van der Waals surface area contributed by atoms with Gasteiger partial charge in [0.15, 0.2) is 11.5 Å². The highest BCUT2D eigenvalue weighted by Gasteiger charge is 2.35. The molecule has 1 rings (SSSR count). The van der Waals surface area contributed by atoms with Gasteiger partial charge in [-0.15, -0.1) is 0 Å². The van der Waals surface area contributed by atoms with Crippen LogP contribution in [-0.4, -0.2) is 12.9 Å². The van der Waals surface area contributed by atoms with Gasteiger partial charge in [-0.25, -0.2) is 0 Å².